The summed E-state index contributed by atoms with van der Waals surface area (Å²) in [7, 11) is -3.92. The van der Waals surface area contributed by atoms with Gasteiger partial charge in [0.1, 0.15) is 6.54 Å². The van der Waals surface area contributed by atoms with Crippen molar-refractivity contribution in [3.63, 3.8) is 0 Å². The van der Waals surface area contributed by atoms with E-state index in [2.05, 4.69) is 20.1 Å². The lowest BCUT2D eigenvalue weighted by atomic mass is 10.3. The highest BCUT2D eigenvalue weighted by Gasteiger charge is 2.17. The van der Waals surface area contributed by atoms with E-state index in [1.807, 2.05) is 0 Å². The minimum absolute atomic E-state index is 0.0769. The minimum atomic E-state index is -3.92. The van der Waals surface area contributed by atoms with Crippen LogP contribution in [0.2, 0.25) is 0 Å². The van der Waals surface area contributed by atoms with E-state index in [0.29, 0.717) is 5.69 Å². The van der Waals surface area contributed by atoms with Gasteiger partial charge in [-0.2, -0.15) is 4.72 Å². The molecule has 0 fully saturated rings. The fourth-order valence-corrected chi connectivity index (χ4v) is 2.69. The van der Waals surface area contributed by atoms with E-state index in [1.54, 1.807) is 13.8 Å². The van der Waals surface area contributed by atoms with Gasteiger partial charge >= 0.3 is 5.97 Å². The van der Waals surface area contributed by atoms with Gasteiger partial charge in [-0.25, -0.2) is 8.42 Å². The molecule has 0 atom stereocenters. The van der Waals surface area contributed by atoms with Crippen LogP contribution in [0, 0.1) is 0 Å². The molecule has 0 spiro atoms. The zero-order valence-electron chi connectivity index (χ0n) is 14.2. The van der Waals surface area contributed by atoms with Gasteiger partial charge in [0.2, 0.25) is 15.9 Å². The third-order valence-electron chi connectivity index (χ3n) is 2.71. The Labute approximate surface area is 146 Å². The number of rotatable bonds is 8. The summed E-state index contributed by atoms with van der Waals surface area (Å²) < 4.78 is 30.9. The summed E-state index contributed by atoms with van der Waals surface area (Å²) in [4.78, 5) is 33.7. The van der Waals surface area contributed by atoms with Gasteiger partial charge in [-0.15, -0.1) is 0 Å². The molecule has 25 heavy (non-hydrogen) atoms. The minimum Gasteiger partial charge on any atom is -0.455 e. The molecule has 3 N–H and O–H groups in total. The Hall–Kier alpha value is -2.46. The first-order valence-corrected chi connectivity index (χ1v) is 8.91. The second-order valence-electron chi connectivity index (χ2n) is 5.41. The van der Waals surface area contributed by atoms with Crippen LogP contribution in [-0.2, 0) is 29.1 Å². The van der Waals surface area contributed by atoms with Gasteiger partial charge in [0.25, 0.3) is 5.91 Å². The third kappa shape index (κ3) is 7.77. The number of esters is 1. The topological polar surface area (TPSA) is 131 Å². The summed E-state index contributed by atoms with van der Waals surface area (Å²) in [6.07, 6.45) is 0. The molecular weight excluding hydrogens is 350 g/mol. The van der Waals surface area contributed by atoms with Crippen LogP contribution >= 0.6 is 0 Å². The largest absolute Gasteiger partial charge is 0.455 e. The first-order valence-electron chi connectivity index (χ1n) is 7.42. The second-order valence-corrected chi connectivity index (χ2v) is 7.18. The second kappa shape index (κ2) is 9.14. The molecule has 0 saturated heterocycles. The first kappa shape index (κ1) is 20.6. The van der Waals surface area contributed by atoms with Crippen LogP contribution in [0.3, 0.4) is 0 Å². The molecule has 0 aliphatic carbocycles. The molecule has 1 rings (SSSR count). The van der Waals surface area contributed by atoms with E-state index in [-0.39, 0.29) is 16.8 Å². The highest BCUT2D eigenvalue weighted by molar-refractivity contribution is 7.89. The molecule has 138 valence electrons. The Kier molecular flexibility index (Phi) is 7.52. The van der Waals surface area contributed by atoms with Gasteiger partial charge in [0.05, 0.1) is 4.90 Å². The van der Waals surface area contributed by atoms with E-state index < -0.39 is 35.1 Å². The molecule has 0 unspecified atom stereocenters. The van der Waals surface area contributed by atoms with E-state index in [1.165, 1.54) is 31.2 Å². The van der Waals surface area contributed by atoms with Crippen molar-refractivity contribution in [3.05, 3.63) is 24.3 Å². The number of carbonyl (C=O) groups excluding carboxylic acids is 3. The summed E-state index contributed by atoms with van der Waals surface area (Å²) in [6, 6.07) is 5.32. The molecule has 0 aliphatic heterocycles. The molecule has 1 aromatic rings. The zero-order valence-corrected chi connectivity index (χ0v) is 15.0. The monoisotopic (exact) mass is 371 g/mol. The summed E-state index contributed by atoms with van der Waals surface area (Å²) >= 11 is 0. The lowest BCUT2D eigenvalue weighted by molar-refractivity contribution is -0.147. The van der Waals surface area contributed by atoms with Crippen molar-refractivity contribution >= 4 is 33.5 Å². The van der Waals surface area contributed by atoms with Crippen molar-refractivity contribution < 1.29 is 27.5 Å². The van der Waals surface area contributed by atoms with Crippen LogP contribution in [0.5, 0.6) is 0 Å². The molecule has 10 heteroatoms. The molecule has 0 radical (unpaired) electrons. The maximum absolute atomic E-state index is 12.1. The van der Waals surface area contributed by atoms with E-state index in [0.717, 1.165) is 0 Å². The number of hydrogen-bond acceptors (Lipinski definition) is 6. The number of benzene rings is 1. The van der Waals surface area contributed by atoms with Crippen molar-refractivity contribution in [1.82, 2.24) is 10.0 Å². The Balaban J connectivity index is 2.53. The van der Waals surface area contributed by atoms with Crippen LogP contribution in [-0.4, -0.2) is 45.4 Å². The molecular formula is C15H21N3O6S. The Morgan fingerprint density at radius 1 is 1.12 bits per heavy atom. The maximum atomic E-state index is 12.1. The molecule has 0 heterocycles. The van der Waals surface area contributed by atoms with Crippen molar-refractivity contribution in [2.75, 3.05) is 18.5 Å². The van der Waals surface area contributed by atoms with Crippen LogP contribution in [0.15, 0.2) is 29.2 Å². The number of hydrogen-bond donors (Lipinski definition) is 3. The van der Waals surface area contributed by atoms with Gasteiger partial charge in [0, 0.05) is 18.7 Å². The van der Waals surface area contributed by atoms with Gasteiger partial charge in [0.15, 0.2) is 6.61 Å². The van der Waals surface area contributed by atoms with Crippen LogP contribution in [0.4, 0.5) is 5.69 Å². The summed E-state index contributed by atoms with van der Waals surface area (Å²) in [6.45, 7) is 3.75. The molecule has 0 aliphatic rings. The SMILES string of the molecule is CC(=O)Nc1ccc(S(=O)(=O)NCC(=O)OCC(=O)NC(C)C)cc1. The quantitative estimate of drug-likeness (QED) is 0.551. The Morgan fingerprint density at radius 3 is 2.24 bits per heavy atom. The van der Waals surface area contributed by atoms with Gasteiger partial charge in [-0.1, -0.05) is 0 Å². The number of anilines is 1. The van der Waals surface area contributed by atoms with Crippen LogP contribution < -0.4 is 15.4 Å². The lowest BCUT2D eigenvalue weighted by Crippen LogP contribution is -2.36. The fraction of sp³-hybridized carbons (Fsp3) is 0.400. The number of ether oxygens (including phenoxy) is 1. The normalized spacial score (nSPS) is 11.0. The van der Waals surface area contributed by atoms with Crippen LogP contribution in [0.1, 0.15) is 20.8 Å². The zero-order chi connectivity index (χ0) is 19.0. The fourth-order valence-electron chi connectivity index (χ4n) is 1.72. The first-order chi connectivity index (χ1) is 11.6. The molecule has 9 nitrogen and oxygen atoms in total. The third-order valence-corrected chi connectivity index (χ3v) is 4.12. The number of sulfonamides is 1. The summed E-state index contributed by atoms with van der Waals surface area (Å²) in [5.41, 5.74) is 0.446. The summed E-state index contributed by atoms with van der Waals surface area (Å²) in [5.74, 6) is -1.63. The molecule has 2 amide bonds. The van der Waals surface area contributed by atoms with Gasteiger partial charge in [-0.3, -0.25) is 14.4 Å². The molecule has 0 saturated carbocycles. The smallest absolute Gasteiger partial charge is 0.321 e. The van der Waals surface area contributed by atoms with Crippen molar-refractivity contribution in [1.29, 1.82) is 0 Å². The Morgan fingerprint density at radius 2 is 1.72 bits per heavy atom. The highest BCUT2D eigenvalue weighted by atomic mass is 32.2. The standard InChI is InChI=1S/C15H21N3O6S/c1-10(2)17-14(20)9-24-15(21)8-16-25(22,23)13-6-4-12(5-7-13)18-11(3)19/h4-7,10,16H,8-9H2,1-3H3,(H,17,20)(H,18,19). The van der Waals surface area contributed by atoms with E-state index in [9.17, 15) is 22.8 Å². The average molecular weight is 371 g/mol. The lowest BCUT2D eigenvalue weighted by Gasteiger charge is -2.10. The average Bonchev–Trinajstić information content (AvgIpc) is 2.50. The number of amides is 2. The van der Waals surface area contributed by atoms with Crippen molar-refractivity contribution in [2.45, 2.75) is 31.7 Å². The predicted octanol–water partition coefficient (Wildman–Crippen LogP) is -0.00890. The number of carbonyl (C=O) groups is 3. The number of nitrogens with one attached hydrogen (secondary N) is 3. The van der Waals surface area contributed by atoms with E-state index >= 15 is 0 Å². The molecule has 0 aromatic heterocycles. The predicted molar refractivity (Wildman–Crippen MR) is 90.2 cm³/mol. The van der Waals surface area contributed by atoms with E-state index in [4.69, 9.17) is 0 Å². The van der Waals surface area contributed by atoms with Crippen LogP contribution in [0.25, 0.3) is 0 Å². The van der Waals surface area contributed by atoms with Crippen molar-refractivity contribution in [2.24, 2.45) is 0 Å². The summed E-state index contributed by atoms with van der Waals surface area (Å²) in [5, 5.41) is 5.04. The molecule has 0 bridgehead atoms. The Bertz CT molecular complexity index is 728. The van der Waals surface area contributed by atoms with Gasteiger partial charge in [-0.05, 0) is 38.1 Å². The highest BCUT2D eigenvalue weighted by Crippen LogP contribution is 2.13. The van der Waals surface area contributed by atoms with Crippen molar-refractivity contribution in [3.8, 4) is 0 Å². The molecule has 1 aromatic carbocycles. The maximum Gasteiger partial charge on any atom is 0.321 e. The van der Waals surface area contributed by atoms with Gasteiger partial charge < -0.3 is 15.4 Å².